The van der Waals surface area contributed by atoms with Crippen molar-refractivity contribution in [1.82, 2.24) is 9.78 Å². The van der Waals surface area contributed by atoms with E-state index in [0.29, 0.717) is 27.7 Å². The summed E-state index contributed by atoms with van der Waals surface area (Å²) in [5.74, 6) is -0.515. The highest BCUT2D eigenvalue weighted by Gasteiger charge is 2.17. The second kappa shape index (κ2) is 8.30. The number of aryl methyl sites for hydroxylation is 2. The quantitative estimate of drug-likeness (QED) is 0.465. The molecule has 1 amide bonds. The van der Waals surface area contributed by atoms with E-state index in [9.17, 15) is 10.1 Å². The molecule has 0 saturated heterocycles. The normalized spacial score (nSPS) is 11.2. The summed E-state index contributed by atoms with van der Waals surface area (Å²) < 4.78 is 1.52. The number of hydrogen-bond donors (Lipinski definition) is 1. The first-order valence-electron chi connectivity index (χ1n) is 8.40. The molecule has 1 N–H and O–H groups in total. The second-order valence-corrected chi connectivity index (χ2v) is 6.97. The molecule has 0 spiro atoms. The molecule has 7 heteroatoms. The minimum atomic E-state index is -0.515. The summed E-state index contributed by atoms with van der Waals surface area (Å²) in [6.45, 7) is 3.68. The van der Waals surface area contributed by atoms with E-state index in [1.54, 1.807) is 31.2 Å². The fourth-order valence-corrected chi connectivity index (χ4v) is 3.18. The van der Waals surface area contributed by atoms with E-state index in [0.717, 1.165) is 5.56 Å². The maximum atomic E-state index is 12.5. The van der Waals surface area contributed by atoms with E-state index in [4.69, 9.17) is 23.2 Å². The van der Waals surface area contributed by atoms with Gasteiger partial charge in [0, 0.05) is 16.3 Å². The monoisotopic (exact) mass is 410 g/mol. The maximum Gasteiger partial charge on any atom is 0.266 e. The Hall–Kier alpha value is -3.07. The van der Waals surface area contributed by atoms with Crippen LogP contribution in [0.25, 0.3) is 11.8 Å². The lowest BCUT2D eigenvalue weighted by Crippen LogP contribution is -2.13. The molecule has 0 atom stereocenters. The molecule has 1 heterocycles. The topological polar surface area (TPSA) is 70.7 Å². The first kappa shape index (κ1) is 19.7. The number of nitriles is 1. The van der Waals surface area contributed by atoms with Gasteiger partial charge in [-0.3, -0.25) is 4.79 Å². The van der Waals surface area contributed by atoms with Gasteiger partial charge in [0.1, 0.15) is 16.8 Å². The number of nitrogens with one attached hydrogen (secondary N) is 1. The highest BCUT2D eigenvalue weighted by atomic mass is 35.5. The van der Waals surface area contributed by atoms with Crippen molar-refractivity contribution >= 4 is 40.9 Å². The number of halogens is 2. The Morgan fingerprint density at radius 3 is 2.61 bits per heavy atom. The van der Waals surface area contributed by atoms with Gasteiger partial charge < -0.3 is 5.32 Å². The van der Waals surface area contributed by atoms with Crippen molar-refractivity contribution in [2.45, 2.75) is 13.8 Å². The van der Waals surface area contributed by atoms with Gasteiger partial charge in [0.15, 0.2) is 0 Å². The van der Waals surface area contributed by atoms with Crippen LogP contribution in [-0.2, 0) is 4.79 Å². The van der Waals surface area contributed by atoms with Crippen molar-refractivity contribution in [1.29, 1.82) is 5.26 Å². The molecule has 0 aliphatic heterocycles. The number of rotatable bonds is 4. The van der Waals surface area contributed by atoms with Gasteiger partial charge in [-0.1, -0.05) is 41.4 Å². The third-order valence-corrected chi connectivity index (χ3v) is 4.63. The Morgan fingerprint density at radius 2 is 1.93 bits per heavy atom. The van der Waals surface area contributed by atoms with Gasteiger partial charge in [-0.2, -0.15) is 10.4 Å². The molecule has 3 aromatic rings. The lowest BCUT2D eigenvalue weighted by molar-refractivity contribution is -0.112. The molecule has 2 aromatic carbocycles. The summed E-state index contributed by atoms with van der Waals surface area (Å²) in [4.78, 5) is 12.5. The summed E-state index contributed by atoms with van der Waals surface area (Å²) in [5, 5.41) is 17.4. The third-order valence-electron chi connectivity index (χ3n) is 4.03. The second-order valence-electron chi connectivity index (χ2n) is 6.17. The fraction of sp³-hybridized carbons (Fsp3) is 0.0952. The molecule has 0 bridgehead atoms. The van der Waals surface area contributed by atoms with Crippen LogP contribution in [0.2, 0.25) is 10.2 Å². The average molecular weight is 411 g/mol. The standard InChI is InChI=1S/C21H16Cl2N4O/c1-13-5-3-7-17(9-13)25-21(28)15(12-24)10-19-14(2)26-27(20(19)23)18-8-4-6-16(22)11-18/h3-11H,1-2H3,(H,25,28). The molecular weight excluding hydrogens is 395 g/mol. The molecule has 1 aromatic heterocycles. The zero-order valence-electron chi connectivity index (χ0n) is 15.2. The maximum absolute atomic E-state index is 12.5. The van der Waals surface area contributed by atoms with Crippen molar-refractivity contribution < 1.29 is 4.79 Å². The lowest BCUT2D eigenvalue weighted by Gasteiger charge is -2.05. The van der Waals surface area contributed by atoms with Crippen LogP contribution in [0.1, 0.15) is 16.8 Å². The van der Waals surface area contributed by atoms with E-state index in [-0.39, 0.29) is 10.7 Å². The zero-order chi connectivity index (χ0) is 20.3. The highest BCUT2D eigenvalue weighted by molar-refractivity contribution is 6.32. The Labute approximate surface area is 172 Å². The molecule has 0 radical (unpaired) electrons. The van der Waals surface area contributed by atoms with Gasteiger partial charge in [-0.15, -0.1) is 0 Å². The number of amides is 1. The molecule has 28 heavy (non-hydrogen) atoms. The molecular formula is C21H16Cl2N4O. The minimum Gasteiger partial charge on any atom is -0.321 e. The van der Waals surface area contributed by atoms with Crippen molar-refractivity contribution in [3.8, 4) is 11.8 Å². The Bertz CT molecular complexity index is 1130. The third kappa shape index (κ3) is 4.25. The number of aromatic nitrogens is 2. The SMILES string of the molecule is Cc1cccc(NC(=O)C(C#N)=Cc2c(C)nn(-c3cccc(Cl)c3)c2Cl)c1. The van der Waals surface area contributed by atoms with Crippen LogP contribution < -0.4 is 5.32 Å². The van der Waals surface area contributed by atoms with Crippen molar-refractivity contribution in [2.75, 3.05) is 5.32 Å². The van der Waals surface area contributed by atoms with Gasteiger partial charge in [0.2, 0.25) is 0 Å². The van der Waals surface area contributed by atoms with Gasteiger partial charge >= 0.3 is 0 Å². The molecule has 0 aliphatic rings. The molecule has 3 rings (SSSR count). The van der Waals surface area contributed by atoms with Crippen LogP contribution in [-0.4, -0.2) is 15.7 Å². The predicted octanol–water partition coefficient (Wildman–Crippen LogP) is 5.34. The number of carbonyl (C=O) groups excluding carboxylic acids is 1. The van der Waals surface area contributed by atoms with Crippen LogP contribution in [0.5, 0.6) is 0 Å². The summed E-state index contributed by atoms with van der Waals surface area (Å²) in [7, 11) is 0. The fourth-order valence-electron chi connectivity index (χ4n) is 2.67. The van der Waals surface area contributed by atoms with Gasteiger partial charge in [-0.05, 0) is 55.8 Å². The van der Waals surface area contributed by atoms with Crippen LogP contribution in [0.15, 0.2) is 54.1 Å². The van der Waals surface area contributed by atoms with Crippen LogP contribution in [0.4, 0.5) is 5.69 Å². The predicted molar refractivity (Wildman–Crippen MR) is 112 cm³/mol. The number of hydrogen-bond acceptors (Lipinski definition) is 3. The molecule has 0 saturated carbocycles. The number of carbonyl (C=O) groups is 1. The average Bonchev–Trinajstić information content (AvgIpc) is 2.93. The van der Waals surface area contributed by atoms with E-state index in [2.05, 4.69) is 10.4 Å². The van der Waals surface area contributed by atoms with E-state index >= 15 is 0 Å². The highest BCUT2D eigenvalue weighted by Crippen LogP contribution is 2.27. The lowest BCUT2D eigenvalue weighted by atomic mass is 10.1. The number of nitrogens with zero attached hydrogens (tertiary/aromatic N) is 3. The van der Waals surface area contributed by atoms with Crippen LogP contribution in [0.3, 0.4) is 0 Å². The van der Waals surface area contributed by atoms with E-state index in [1.807, 2.05) is 37.3 Å². The van der Waals surface area contributed by atoms with Crippen molar-refractivity contribution in [3.63, 3.8) is 0 Å². The number of benzene rings is 2. The summed E-state index contributed by atoms with van der Waals surface area (Å²) in [6, 6.07) is 16.3. The molecule has 0 fully saturated rings. The first-order chi connectivity index (χ1) is 13.4. The Kier molecular flexibility index (Phi) is 5.84. The summed E-state index contributed by atoms with van der Waals surface area (Å²) in [5.41, 5.74) is 3.31. The molecule has 0 unspecified atom stereocenters. The van der Waals surface area contributed by atoms with Gasteiger partial charge in [-0.25, -0.2) is 4.68 Å². The molecule has 140 valence electrons. The van der Waals surface area contributed by atoms with Crippen LogP contribution >= 0.6 is 23.2 Å². The zero-order valence-corrected chi connectivity index (χ0v) is 16.7. The summed E-state index contributed by atoms with van der Waals surface area (Å²) in [6.07, 6.45) is 1.44. The van der Waals surface area contributed by atoms with Gasteiger partial charge in [0.05, 0.1) is 11.4 Å². The van der Waals surface area contributed by atoms with Gasteiger partial charge in [0.25, 0.3) is 5.91 Å². The van der Waals surface area contributed by atoms with E-state index in [1.165, 1.54) is 10.8 Å². The van der Waals surface area contributed by atoms with Crippen LogP contribution in [0, 0.1) is 25.2 Å². The molecule has 5 nitrogen and oxygen atoms in total. The van der Waals surface area contributed by atoms with Crippen molar-refractivity contribution in [3.05, 3.63) is 81.1 Å². The van der Waals surface area contributed by atoms with E-state index < -0.39 is 5.91 Å². The Morgan fingerprint density at radius 1 is 1.18 bits per heavy atom. The molecule has 0 aliphatic carbocycles. The smallest absolute Gasteiger partial charge is 0.266 e. The summed E-state index contributed by atoms with van der Waals surface area (Å²) >= 11 is 12.5. The number of anilines is 1. The first-order valence-corrected chi connectivity index (χ1v) is 9.15. The largest absolute Gasteiger partial charge is 0.321 e. The van der Waals surface area contributed by atoms with Crippen molar-refractivity contribution in [2.24, 2.45) is 0 Å². The Balaban J connectivity index is 1.95. The minimum absolute atomic E-state index is 0.0721.